The lowest BCUT2D eigenvalue weighted by molar-refractivity contribution is 0.0937. The lowest BCUT2D eigenvalue weighted by Crippen LogP contribution is -2.46. The Bertz CT molecular complexity index is 1010. The number of carbonyl (C=O) groups excluding carboxylic acids is 1. The summed E-state index contributed by atoms with van der Waals surface area (Å²) in [6.07, 6.45) is 4.47. The maximum atomic E-state index is 15.1. The molecule has 0 spiro atoms. The van der Waals surface area contributed by atoms with Crippen LogP contribution in [0.4, 0.5) is 10.1 Å². The molecule has 30 heavy (non-hydrogen) atoms. The Morgan fingerprint density at radius 2 is 1.90 bits per heavy atom. The molecule has 7 heteroatoms. The van der Waals surface area contributed by atoms with Crippen LogP contribution >= 0.6 is 0 Å². The third-order valence-corrected chi connectivity index (χ3v) is 6.44. The molecule has 1 saturated heterocycles. The van der Waals surface area contributed by atoms with Crippen LogP contribution in [0.3, 0.4) is 0 Å². The summed E-state index contributed by atoms with van der Waals surface area (Å²) >= 11 is 0. The molecule has 2 heterocycles. The summed E-state index contributed by atoms with van der Waals surface area (Å²) < 4.78 is 17.1. The number of amides is 1. The first-order valence-electron chi connectivity index (χ1n) is 11.1. The quantitative estimate of drug-likeness (QED) is 0.789. The highest BCUT2D eigenvalue weighted by Crippen LogP contribution is 2.38. The van der Waals surface area contributed by atoms with Gasteiger partial charge in [-0.25, -0.2) is 4.39 Å². The molecule has 1 N–H and O–H groups in total. The van der Waals surface area contributed by atoms with Crippen LogP contribution in [0, 0.1) is 5.82 Å². The van der Waals surface area contributed by atoms with Gasteiger partial charge in [-0.3, -0.25) is 9.59 Å². The van der Waals surface area contributed by atoms with Crippen molar-refractivity contribution in [2.45, 2.75) is 52.1 Å². The summed E-state index contributed by atoms with van der Waals surface area (Å²) in [5, 5.41) is 3.15. The minimum absolute atomic E-state index is 0.0251. The highest BCUT2D eigenvalue weighted by molar-refractivity contribution is 5.98. The number of carbonyl (C=O) groups is 1. The van der Waals surface area contributed by atoms with Gasteiger partial charge in [0.25, 0.3) is 5.91 Å². The van der Waals surface area contributed by atoms with Crippen molar-refractivity contribution in [3.63, 3.8) is 0 Å². The number of piperazine rings is 1. The number of halogens is 1. The number of hydrogen-bond donors (Lipinski definition) is 1. The number of benzene rings is 1. The number of aromatic nitrogens is 1. The maximum Gasteiger partial charge on any atom is 0.256 e. The molecular formula is C23H31FN4O2. The second-order valence-corrected chi connectivity index (χ2v) is 8.54. The van der Waals surface area contributed by atoms with E-state index in [4.69, 9.17) is 0 Å². The number of nitrogens with one attached hydrogen (secondary N) is 1. The lowest BCUT2D eigenvalue weighted by atomic mass is 10.1. The minimum Gasteiger partial charge on any atom is -0.367 e. The van der Waals surface area contributed by atoms with Crippen LogP contribution in [-0.4, -0.2) is 54.1 Å². The molecule has 1 aromatic carbocycles. The van der Waals surface area contributed by atoms with E-state index in [0.717, 1.165) is 57.5 Å². The van der Waals surface area contributed by atoms with Gasteiger partial charge in [0.15, 0.2) is 0 Å². The summed E-state index contributed by atoms with van der Waals surface area (Å²) in [7, 11) is 0. The van der Waals surface area contributed by atoms with Crippen LogP contribution in [-0.2, 0) is 0 Å². The maximum absolute atomic E-state index is 15.1. The molecule has 0 unspecified atom stereocenters. The topological polar surface area (TPSA) is 57.6 Å². The molecule has 2 fully saturated rings. The van der Waals surface area contributed by atoms with Gasteiger partial charge in [-0.15, -0.1) is 0 Å². The number of fused-ring (bicyclic) bond motifs is 1. The second kappa shape index (κ2) is 8.38. The number of rotatable bonds is 6. The Morgan fingerprint density at radius 3 is 2.50 bits per heavy atom. The van der Waals surface area contributed by atoms with Crippen LogP contribution in [0.5, 0.6) is 0 Å². The monoisotopic (exact) mass is 414 g/mol. The Hall–Kier alpha value is -2.41. The molecule has 2 aliphatic rings. The van der Waals surface area contributed by atoms with Gasteiger partial charge in [0.2, 0.25) is 5.43 Å². The Morgan fingerprint density at radius 1 is 1.20 bits per heavy atom. The summed E-state index contributed by atoms with van der Waals surface area (Å²) in [6, 6.07) is 3.38. The number of hydrogen-bond acceptors (Lipinski definition) is 4. The number of pyridine rings is 1. The average molecular weight is 415 g/mol. The highest BCUT2D eigenvalue weighted by Gasteiger charge is 2.28. The zero-order valence-corrected chi connectivity index (χ0v) is 18.1. The van der Waals surface area contributed by atoms with Crippen molar-refractivity contribution >= 4 is 22.5 Å². The molecule has 1 aliphatic heterocycles. The van der Waals surface area contributed by atoms with E-state index < -0.39 is 11.2 Å². The molecular weight excluding hydrogens is 383 g/mol. The zero-order valence-electron chi connectivity index (χ0n) is 18.1. The fraction of sp³-hybridized carbons (Fsp3) is 0.565. The van der Waals surface area contributed by atoms with Crippen molar-refractivity contribution in [2.24, 2.45) is 0 Å². The first kappa shape index (κ1) is 20.8. The Labute approximate surface area is 176 Å². The molecule has 1 saturated carbocycles. The number of anilines is 1. The van der Waals surface area contributed by atoms with E-state index in [-0.39, 0.29) is 28.9 Å². The van der Waals surface area contributed by atoms with Gasteiger partial charge in [0.05, 0.1) is 11.2 Å². The zero-order chi connectivity index (χ0) is 21.4. The molecule has 0 radical (unpaired) electrons. The van der Waals surface area contributed by atoms with Gasteiger partial charge in [0, 0.05) is 49.8 Å². The summed E-state index contributed by atoms with van der Waals surface area (Å²) in [4.78, 5) is 30.2. The molecule has 1 atom stereocenters. The van der Waals surface area contributed by atoms with E-state index in [2.05, 4.69) is 22.0 Å². The number of nitrogens with zero attached hydrogens (tertiary/aromatic N) is 3. The van der Waals surface area contributed by atoms with E-state index in [1.54, 1.807) is 6.20 Å². The predicted molar refractivity (Wildman–Crippen MR) is 118 cm³/mol. The van der Waals surface area contributed by atoms with E-state index in [9.17, 15) is 9.59 Å². The summed E-state index contributed by atoms with van der Waals surface area (Å²) in [6.45, 7) is 10.3. The fourth-order valence-electron chi connectivity index (χ4n) is 4.13. The lowest BCUT2D eigenvalue weighted by Gasteiger charge is -2.35. The van der Waals surface area contributed by atoms with Crippen molar-refractivity contribution in [3.05, 3.63) is 39.9 Å². The van der Waals surface area contributed by atoms with Crippen LogP contribution in [0.2, 0.25) is 0 Å². The van der Waals surface area contributed by atoms with E-state index >= 15 is 4.39 Å². The molecule has 1 aliphatic carbocycles. The largest absolute Gasteiger partial charge is 0.367 e. The fourth-order valence-corrected chi connectivity index (χ4v) is 4.13. The summed E-state index contributed by atoms with van der Waals surface area (Å²) in [5.41, 5.74) is 0.961. The first-order valence-corrected chi connectivity index (χ1v) is 11.1. The van der Waals surface area contributed by atoms with Crippen LogP contribution < -0.4 is 15.6 Å². The SMILES string of the molecule is CC[C@@H](C)NC(=O)c1cn(C2CC2)c2cc(N3CCN(CC)CC3)c(F)cc2c1=O. The van der Waals surface area contributed by atoms with E-state index in [0.29, 0.717) is 5.69 Å². The average Bonchev–Trinajstić information content (AvgIpc) is 3.59. The standard InChI is InChI=1S/C23H31FN4O2/c1-4-15(3)25-23(30)18-14-28(16-6-7-16)20-13-21(19(24)12-17(20)22(18)29)27-10-8-26(5-2)9-11-27/h12-16H,4-11H2,1-3H3,(H,25,30)/t15-/m1/s1. The molecule has 2 aromatic rings. The van der Waals surface area contributed by atoms with Crippen molar-refractivity contribution < 1.29 is 9.18 Å². The van der Waals surface area contributed by atoms with E-state index in [1.807, 2.05) is 24.5 Å². The van der Waals surface area contributed by atoms with Crippen molar-refractivity contribution in [2.75, 3.05) is 37.6 Å². The molecule has 6 nitrogen and oxygen atoms in total. The van der Waals surface area contributed by atoms with Gasteiger partial charge < -0.3 is 19.7 Å². The Balaban J connectivity index is 1.77. The van der Waals surface area contributed by atoms with E-state index in [1.165, 1.54) is 6.07 Å². The molecule has 0 bridgehead atoms. The predicted octanol–water partition coefficient (Wildman–Crippen LogP) is 3.15. The molecule has 162 valence electrons. The van der Waals surface area contributed by atoms with Gasteiger partial charge in [0.1, 0.15) is 11.4 Å². The molecule has 1 amide bonds. The third kappa shape index (κ3) is 3.95. The van der Waals surface area contributed by atoms with Crippen molar-refractivity contribution in [3.8, 4) is 0 Å². The highest BCUT2D eigenvalue weighted by atomic mass is 19.1. The van der Waals surface area contributed by atoms with Crippen LogP contribution in [0.25, 0.3) is 10.9 Å². The normalized spacial score (nSPS) is 18.6. The second-order valence-electron chi connectivity index (χ2n) is 8.54. The van der Waals surface area contributed by atoms with Gasteiger partial charge >= 0.3 is 0 Å². The van der Waals surface area contributed by atoms with Crippen LogP contribution in [0.1, 0.15) is 56.4 Å². The van der Waals surface area contributed by atoms with Gasteiger partial charge in [-0.05, 0) is 44.9 Å². The van der Waals surface area contributed by atoms with Crippen molar-refractivity contribution in [1.82, 2.24) is 14.8 Å². The smallest absolute Gasteiger partial charge is 0.256 e. The number of likely N-dealkylation sites (N-methyl/N-ethyl adjacent to an activating group) is 1. The van der Waals surface area contributed by atoms with Gasteiger partial charge in [-0.2, -0.15) is 0 Å². The Kier molecular flexibility index (Phi) is 5.82. The summed E-state index contributed by atoms with van der Waals surface area (Å²) in [5.74, 6) is -0.780. The van der Waals surface area contributed by atoms with Crippen molar-refractivity contribution in [1.29, 1.82) is 0 Å². The van der Waals surface area contributed by atoms with Gasteiger partial charge in [-0.1, -0.05) is 13.8 Å². The molecule has 4 rings (SSSR count). The third-order valence-electron chi connectivity index (χ3n) is 6.44. The van der Waals surface area contributed by atoms with Crippen LogP contribution in [0.15, 0.2) is 23.1 Å². The molecule has 1 aromatic heterocycles. The first-order chi connectivity index (χ1) is 14.4. The minimum atomic E-state index is -0.399.